The molecule has 5 nitrogen and oxygen atoms in total. The summed E-state index contributed by atoms with van der Waals surface area (Å²) in [5, 5.41) is 4.06. The van der Waals surface area contributed by atoms with Crippen LogP contribution in [0.3, 0.4) is 0 Å². The highest BCUT2D eigenvalue weighted by Crippen LogP contribution is 2.39. The lowest BCUT2D eigenvalue weighted by atomic mass is 10.1. The molecule has 0 radical (unpaired) electrons. The van der Waals surface area contributed by atoms with Crippen molar-refractivity contribution >= 4 is 17.7 Å². The number of nitrogens with zero attached hydrogens (tertiary/aromatic N) is 3. The predicted molar refractivity (Wildman–Crippen MR) is 87.3 cm³/mol. The van der Waals surface area contributed by atoms with Crippen LogP contribution in [-0.4, -0.2) is 33.7 Å². The third-order valence-corrected chi connectivity index (χ3v) is 5.24. The molecule has 0 N–H and O–H groups in total. The minimum atomic E-state index is 0.0352. The summed E-state index contributed by atoms with van der Waals surface area (Å²) < 4.78 is 5.38. The number of likely N-dealkylation sites (tertiary alicyclic amines) is 1. The van der Waals surface area contributed by atoms with E-state index >= 15 is 0 Å². The monoisotopic (exact) mass is 329 g/mol. The van der Waals surface area contributed by atoms with E-state index in [-0.39, 0.29) is 11.8 Å². The van der Waals surface area contributed by atoms with Gasteiger partial charge in [0.05, 0.1) is 5.92 Å². The van der Waals surface area contributed by atoms with E-state index < -0.39 is 0 Å². The fourth-order valence-electron chi connectivity index (χ4n) is 2.96. The normalized spacial score (nSPS) is 21.2. The highest BCUT2D eigenvalue weighted by molar-refractivity contribution is 7.98. The van der Waals surface area contributed by atoms with Crippen molar-refractivity contribution in [1.82, 2.24) is 15.0 Å². The standard InChI is InChI=1S/C17H19N3O2S/c1-23-14-6-2-11(3-7-14)9-20-10-13(8-15(20)21)17-18-16(19-22-17)12-4-5-12/h2-3,6-7,12-13H,4-5,8-10H2,1H3. The first kappa shape index (κ1) is 14.8. The predicted octanol–water partition coefficient (Wildman–Crippen LogP) is 3.19. The van der Waals surface area contributed by atoms with Crippen molar-refractivity contribution < 1.29 is 9.32 Å². The molecule has 0 bridgehead atoms. The molecule has 0 spiro atoms. The van der Waals surface area contributed by atoms with Gasteiger partial charge in [-0.25, -0.2) is 0 Å². The van der Waals surface area contributed by atoms with Crippen LogP contribution in [0.25, 0.3) is 0 Å². The van der Waals surface area contributed by atoms with Gasteiger partial charge in [0.25, 0.3) is 0 Å². The number of hydrogen-bond acceptors (Lipinski definition) is 5. The number of hydrogen-bond donors (Lipinski definition) is 0. The molecule has 2 aromatic rings. The van der Waals surface area contributed by atoms with Gasteiger partial charge in [-0.05, 0) is 36.8 Å². The molecule has 1 amide bonds. The lowest BCUT2D eigenvalue weighted by Crippen LogP contribution is -2.24. The van der Waals surface area contributed by atoms with Crippen molar-refractivity contribution in [3.05, 3.63) is 41.5 Å². The van der Waals surface area contributed by atoms with Gasteiger partial charge in [-0.2, -0.15) is 4.98 Å². The second-order valence-corrected chi connectivity index (χ2v) is 7.17. The first-order chi connectivity index (χ1) is 11.2. The molecule has 1 saturated carbocycles. The fraction of sp³-hybridized carbons (Fsp3) is 0.471. The van der Waals surface area contributed by atoms with E-state index in [1.165, 1.54) is 4.90 Å². The van der Waals surface area contributed by atoms with Crippen LogP contribution in [0.15, 0.2) is 33.7 Å². The molecule has 1 aliphatic carbocycles. The van der Waals surface area contributed by atoms with Gasteiger partial charge in [0, 0.05) is 30.3 Å². The highest BCUT2D eigenvalue weighted by atomic mass is 32.2. The Morgan fingerprint density at radius 2 is 2.04 bits per heavy atom. The molecule has 2 heterocycles. The molecule has 1 aromatic heterocycles. The van der Waals surface area contributed by atoms with Crippen molar-refractivity contribution in [2.24, 2.45) is 0 Å². The van der Waals surface area contributed by atoms with Crippen molar-refractivity contribution in [3.8, 4) is 0 Å². The van der Waals surface area contributed by atoms with Gasteiger partial charge in [0.2, 0.25) is 11.8 Å². The fourth-order valence-corrected chi connectivity index (χ4v) is 3.37. The second kappa shape index (κ2) is 6.00. The molecule has 2 aliphatic rings. The molecule has 2 fully saturated rings. The first-order valence-corrected chi connectivity index (χ1v) is 9.19. The Bertz CT molecular complexity index is 709. The van der Waals surface area contributed by atoms with Crippen molar-refractivity contribution in [2.75, 3.05) is 12.8 Å². The minimum absolute atomic E-state index is 0.0352. The van der Waals surface area contributed by atoms with Gasteiger partial charge in [-0.1, -0.05) is 17.3 Å². The van der Waals surface area contributed by atoms with Crippen LogP contribution in [0.1, 0.15) is 48.4 Å². The average Bonchev–Trinajstić information content (AvgIpc) is 3.19. The van der Waals surface area contributed by atoms with E-state index in [4.69, 9.17) is 4.52 Å². The number of benzene rings is 1. The Hall–Kier alpha value is -1.82. The van der Waals surface area contributed by atoms with Crippen molar-refractivity contribution in [2.45, 2.75) is 42.5 Å². The Labute approximate surface area is 139 Å². The van der Waals surface area contributed by atoms with Crippen LogP contribution >= 0.6 is 11.8 Å². The molecule has 120 valence electrons. The summed E-state index contributed by atoms with van der Waals surface area (Å²) in [6.45, 7) is 1.31. The van der Waals surface area contributed by atoms with E-state index in [1.54, 1.807) is 11.8 Å². The molecule has 23 heavy (non-hydrogen) atoms. The van der Waals surface area contributed by atoms with Crippen LogP contribution in [0.5, 0.6) is 0 Å². The molecule has 4 rings (SSSR count). The van der Waals surface area contributed by atoms with Crippen LogP contribution in [0.2, 0.25) is 0 Å². The van der Waals surface area contributed by atoms with E-state index in [9.17, 15) is 4.79 Å². The van der Waals surface area contributed by atoms with Crippen LogP contribution in [0, 0.1) is 0 Å². The molecular formula is C17H19N3O2S. The Balaban J connectivity index is 1.42. The average molecular weight is 329 g/mol. The number of rotatable bonds is 5. The van der Waals surface area contributed by atoms with Gasteiger partial charge >= 0.3 is 0 Å². The number of amides is 1. The maximum atomic E-state index is 12.3. The second-order valence-electron chi connectivity index (χ2n) is 6.29. The quantitative estimate of drug-likeness (QED) is 0.789. The van der Waals surface area contributed by atoms with Gasteiger partial charge in [-0.3, -0.25) is 4.79 Å². The third-order valence-electron chi connectivity index (χ3n) is 4.50. The number of thioether (sulfide) groups is 1. The summed E-state index contributed by atoms with van der Waals surface area (Å²) in [5.74, 6) is 2.12. The van der Waals surface area contributed by atoms with E-state index in [0.29, 0.717) is 31.3 Å². The summed E-state index contributed by atoms with van der Waals surface area (Å²) in [6.07, 6.45) is 4.83. The zero-order chi connectivity index (χ0) is 15.8. The van der Waals surface area contributed by atoms with E-state index in [2.05, 4.69) is 40.7 Å². The van der Waals surface area contributed by atoms with Crippen LogP contribution in [0.4, 0.5) is 0 Å². The molecular weight excluding hydrogens is 310 g/mol. The van der Waals surface area contributed by atoms with Crippen molar-refractivity contribution in [1.29, 1.82) is 0 Å². The SMILES string of the molecule is CSc1ccc(CN2CC(c3nc(C4CC4)no3)CC2=O)cc1. The van der Waals surface area contributed by atoms with Gasteiger partial charge in [0.1, 0.15) is 0 Å². The topological polar surface area (TPSA) is 59.2 Å². The number of aromatic nitrogens is 2. The van der Waals surface area contributed by atoms with Crippen LogP contribution in [-0.2, 0) is 11.3 Å². The number of carbonyl (C=O) groups is 1. The highest BCUT2D eigenvalue weighted by Gasteiger charge is 2.36. The summed E-state index contributed by atoms with van der Waals surface area (Å²) in [6, 6.07) is 8.37. The molecule has 6 heteroatoms. The maximum absolute atomic E-state index is 12.3. The summed E-state index contributed by atoms with van der Waals surface area (Å²) >= 11 is 1.72. The summed E-state index contributed by atoms with van der Waals surface area (Å²) in [7, 11) is 0. The third kappa shape index (κ3) is 3.13. The van der Waals surface area contributed by atoms with Gasteiger partial charge in [0.15, 0.2) is 5.82 Å². The van der Waals surface area contributed by atoms with Gasteiger partial charge in [-0.15, -0.1) is 11.8 Å². The Kier molecular flexibility index (Phi) is 3.85. The molecule has 1 aliphatic heterocycles. The zero-order valence-electron chi connectivity index (χ0n) is 13.1. The minimum Gasteiger partial charge on any atom is -0.339 e. The molecule has 1 aromatic carbocycles. The molecule has 1 atom stereocenters. The summed E-state index contributed by atoms with van der Waals surface area (Å²) in [4.78, 5) is 19.9. The largest absolute Gasteiger partial charge is 0.339 e. The first-order valence-electron chi connectivity index (χ1n) is 7.97. The lowest BCUT2D eigenvalue weighted by Gasteiger charge is -2.16. The molecule has 1 saturated heterocycles. The van der Waals surface area contributed by atoms with E-state index in [1.807, 2.05) is 4.90 Å². The Morgan fingerprint density at radius 1 is 1.26 bits per heavy atom. The van der Waals surface area contributed by atoms with Crippen molar-refractivity contribution in [3.63, 3.8) is 0 Å². The number of carbonyl (C=O) groups excluding carboxylic acids is 1. The zero-order valence-corrected chi connectivity index (χ0v) is 13.9. The van der Waals surface area contributed by atoms with Crippen LogP contribution < -0.4 is 0 Å². The van der Waals surface area contributed by atoms with Gasteiger partial charge < -0.3 is 9.42 Å². The maximum Gasteiger partial charge on any atom is 0.232 e. The Morgan fingerprint density at radius 3 is 2.74 bits per heavy atom. The summed E-state index contributed by atoms with van der Waals surface area (Å²) in [5.41, 5.74) is 1.15. The smallest absolute Gasteiger partial charge is 0.232 e. The molecule has 1 unspecified atom stereocenters. The van der Waals surface area contributed by atoms with E-state index in [0.717, 1.165) is 24.2 Å². The lowest BCUT2D eigenvalue weighted by molar-refractivity contribution is -0.128.